The van der Waals surface area contributed by atoms with Crippen molar-refractivity contribution >= 4 is 16.7 Å². The van der Waals surface area contributed by atoms with Crippen molar-refractivity contribution in [2.75, 3.05) is 13.7 Å². The van der Waals surface area contributed by atoms with Crippen molar-refractivity contribution in [3.63, 3.8) is 0 Å². The third-order valence-electron chi connectivity index (χ3n) is 5.53. The summed E-state index contributed by atoms with van der Waals surface area (Å²) in [6.45, 7) is 0.573. The van der Waals surface area contributed by atoms with Gasteiger partial charge in [0.05, 0.1) is 18.3 Å². The van der Waals surface area contributed by atoms with Gasteiger partial charge in [0.2, 0.25) is 0 Å². The Labute approximate surface area is 192 Å². The van der Waals surface area contributed by atoms with Gasteiger partial charge < -0.3 is 54.4 Å². The summed E-state index contributed by atoms with van der Waals surface area (Å²) < 4.78 is 20.8. The average Bonchev–Trinajstić information content (AvgIpc) is 2.91. The van der Waals surface area contributed by atoms with E-state index in [1.807, 2.05) is 0 Å². The standard InChI is InChI=1S/C21H26O13/c1-7-3-8-4-10-14(16(25)13(8)20(29)32-7)11(5-12(31-2)19(28)33-10)34-21(30)18(27)17(26)15(24)9(23)6-22/h3-4,9,11-12,15,17-18,21-27,30H,5-6H2,1-2H3/t9-,11+,12-,15-,17-,18-,21+/m0/s1. The maximum Gasteiger partial charge on any atom is 0.347 e. The molecule has 7 N–H and O–H groups in total. The van der Waals surface area contributed by atoms with Crippen LogP contribution in [0.15, 0.2) is 21.3 Å². The van der Waals surface area contributed by atoms with Crippen LogP contribution in [-0.2, 0) is 14.3 Å². The number of benzene rings is 1. The molecular formula is C21H26O13. The van der Waals surface area contributed by atoms with E-state index in [0.717, 1.165) is 0 Å². The topological polar surface area (TPSA) is 217 Å². The van der Waals surface area contributed by atoms with Crippen molar-refractivity contribution in [3.05, 3.63) is 33.9 Å². The highest BCUT2D eigenvalue weighted by molar-refractivity contribution is 5.92. The van der Waals surface area contributed by atoms with Crippen molar-refractivity contribution in [2.45, 2.75) is 56.3 Å². The summed E-state index contributed by atoms with van der Waals surface area (Å²) in [4.78, 5) is 24.8. The van der Waals surface area contributed by atoms with Gasteiger partial charge in [-0.25, -0.2) is 9.59 Å². The number of carbonyl (C=O) groups is 1. The van der Waals surface area contributed by atoms with E-state index in [0.29, 0.717) is 0 Å². The van der Waals surface area contributed by atoms with Crippen molar-refractivity contribution in [1.82, 2.24) is 0 Å². The molecule has 0 unspecified atom stereocenters. The lowest BCUT2D eigenvalue weighted by Crippen LogP contribution is -2.50. The summed E-state index contributed by atoms with van der Waals surface area (Å²) in [5.74, 6) is -1.49. The van der Waals surface area contributed by atoms with Crippen LogP contribution >= 0.6 is 0 Å². The number of ether oxygens (including phenoxy) is 3. The molecule has 0 amide bonds. The molecule has 188 valence electrons. The Kier molecular flexibility index (Phi) is 7.90. The third-order valence-corrected chi connectivity index (χ3v) is 5.53. The van der Waals surface area contributed by atoms with E-state index in [4.69, 9.17) is 23.7 Å². The van der Waals surface area contributed by atoms with E-state index in [1.165, 1.54) is 26.2 Å². The Bertz CT molecular complexity index is 1100. The van der Waals surface area contributed by atoms with E-state index < -0.39 is 66.9 Å². The molecular weight excluding hydrogens is 460 g/mol. The largest absolute Gasteiger partial charge is 0.506 e. The monoisotopic (exact) mass is 486 g/mol. The quantitative estimate of drug-likeness (QED) is 0.121. The number of aromatic hydroxyl groups is 1. The van der Waals surface area contributed by atoms with Crippen LogP contribution in [0.4, 0.5) is 0 Å². The molecule has 0 bridgehead atoms. The number of aliphatic hydroxyl groups is 6. The van der Waals surface area contributed by atoms with Gasteiger partial charge in [0.25, 0.3) is 0 Å². The van der Waals surface area contributed by atoms with Crippen molar-refractivity contribution in [2.24, 2.45) is 0 Å². The van der Waals surface area contributed by atoms with E-state index in [2.05, 4.69) is 0 Å². The van der Waals surface area contributed by atoms with Gasteiger partial charge in [0.15, 0.2) is 12.4 Å². The molecule has 0 fully saturated rings. The van der Waals surface area contributed by atoms with E-state index in [9.17, 15) is 40.2 Å². The summed E-state index contributed by atoms with van der Waals surface area (Å²) >= 11 is 0. The molecule has 2 heterocycles. The van der Waals surface area contributed by atoms with Gasteiger partial charge in [-0.2, -0.15) is 0 Å². The van der Waals surface area contributed by atoms with Gasteiger partial charge in [-0.3, -0.25) is 0 Å². The van der Waals surface area contributed by atoms with Crippen molar-refractivity contribution in [3.8, 4) is 11.5 Å². The smallest absolute Gasteiger partial charge is 0.347 e. The molecule has 1 aromatic heterocycles. The van der Waals surface area contributed by atoms with Crippen LogP contribution in [0.2, 0.25) is 0 Å². The molecule has 7 atom stereocenters. The van der Waals surface area contributed by atoms with E-state index in [-0.39, 0.29) is 34.3 Å². The maximum atomic E-state index is 12.5. The van der Waals surface area contributed by atoms with Crippen LogP contribution in [0.5, 0.6) is 11.5 Å². The lowest BCUT2D eigenvalue weighted by atomic mass is 9.98. The van der Waals surface area contributed by atoms with Crippen LogP contribution in [0.3, 0.4) is 0 Å². The van der Waals surface area contributed by atoms with Crippen molar-refractivity contribution < 1.29 is 59.2 Å². The second kappa shape index (κ2) is 10.3. The molecule has 0 spiro atoms. The Morgan fingerprint density at radius 2 is 1.74 bits per heavy atom. The lowest BCUT2D eigenvalue weighted by Gasteiger charge is -2.30. The fourth-order valence-corrected chi connectivity index (χ4v) is 3.70. The Hall–Kier alpha value is -2.62. The number of rotatable bonds is 8. The average molecular weight is 486 g/mol. The van der Waals surface area contributed by atoms with Gasteiger partial charge in [-0.1, -0.05) is 0 Å². The number of phenols is 1. The predicted molar refractivity (Wildman–Crippen MR) is 111 cm³/mol. The SMILES string of the molecule is CO[C@H]1C[C@@H](O[C@@H](O)[C@@H](O)[C@@H](O)[C@@H](O)[C@@H](O)CO)c2c(cc3cc(C)oc(=O)c3c2O)OC1=O. The highest BCUT2D eigenvalue weighted by Gasteiger charge is 2.40. The van der Waals surface area contributed by atoms with Crippen LogP contribution in [-0.4, -0.2) is 92.2 Å². The van der Waals surface area contributed by atoms with Gasteiger partial charge in [-0.15, -0.1) is 0 Å². The second-order valence-electron chi connectivity index (χ2n) is 7.86. The van der Waals surface area contributed by atoms with Gasteiger partial charge in [-0.05, 0) is 24.4 Å². The number of esters is 1. The Morgan fingerprint density at radius 1 is 1.06 bits per heavy atom. The molecule has 0 saturated carbocycles. The zero-order valence-electron chi connectivity index (χ0n) is 18.2. The first kappa shape index (κ1) is 26.0. The molecule has 2 aromatic rings. The fraction of sp³-hybridized carbons (Fsp3) is 0.524. The van der Waals surface area contributed by atoms with Gasteiger partial charge in [0.1, 0.15) is 47.1 Å². The zero-order valence-corrected chi connectivity index (χ0v) is 18.2. The van der Waals surface area contributed by atoms with Crippen LogP contribution < -0.4 is 10.4 Å². The van der Waals surface area contributed by atoms with Crippen LogP contribution in [0.25, 0.3) is 10.8 Å². The van der Waals surface area contributed by atoms with E-state index >= 15 is 0 Å². The normalized spacial score (nSPS) is 22.9. The minimum absolute atomic E-state index is 0.199. The Balaban J connectivity index is 2.04. The molecule has 0 radical (unpaired) electrons. The number of phenolic OH excluding ortho intramolecular Hbond substituents is 1. The van der Waals surface area contributed by atoms with E-state index in [1.54, 1.807) is 0 Å². The van der Waals surface area contributed by atoms with Gasteiger partial charge >= 0.3 is 11.6 Å². The number of hydrogen-bond donors (Lipinski definition) is 7. The molecule has 1 aliphatic rings. The zero-order chi connectivity index (χ0) is 25.3. The number of aryl methyl sites for hydroxylation is 1. The summed E-state index contributed by atoms with van der Waals surface area (Å²) in [6, 6.07) is 2.72. The van der Waals surface area contributed by atoms with Crippen molar-refractivity contribution in [1.29, 1.82) is 0 Å². The second-order valence-corrected chi connectivity index (χ2v) is 7.86. The summed E-state index contributed by atoms with van der Waals surface area (Å²) in [7, 11) is 1.20. The lowest BCUT2D eigenvalue weighted by molar-refractivity contribution is -0.231. The minimum Gasteiger partial charge on any atom is -0.506 e. The number of fused-ring (bicyclic) bond motifs is 2. The highest BCUT2D eigenvalue weighted by Crippen LogP contribution is 2.44. The molecule has 13 nitrogen and oxygen atoms in total. The highest BCUT2D eigenvalue weighted by atomic mass is 16.6. The Morgan fingerprint density at radius 3 is 2.35 bits per heavy atom. The minimum atomic E-state index is -2.23. The molecule has 1 aromatic carbocycles. The molecule has 1 aliphatic heterocycles. The predicted octanol–water partition coefficient (Wildman–Crippen LogP) is -2.06. The van der Waals surface area contributed by atoms with Gasteiger partial charge in [0, 0.05) is 13.5 Å². The van der Waals surface area contributed by atoms with Crippen LogP contribution in [0.1, 0.15) is 23.8 Å². The summed E-state index contributed by atoms with van der Waals surface area (Å²) in [5.41, 5.74) is -1.11. The molecule has 13 heteroatoms. The summed E-state index contributed by atoms with van der Waals surface area (Å²) in [6.07, 6.45) is -13.5. The number of aliphatic hydroxyl groups excluding tert-OH is 6. The first-order chi connectivity index (χ1) is 16.0. The molecule has 34 heavy (non-hydrogen) atoms. The third kappa shape index (κ3) is 4.92. The first-order valence-electron chi connectivity index (χ1n) is 10.2. The summed E-state index contributed by atoms with van der Waals surface area (Å²) in [5, 5.41) is 69.6. The maximum absolute atomic E-state index is 12.5. The number of hydrogen-bond acceptors (Lipinski definition) is 13. The number of methoxy groups -OCH3 is 1. The molecule has 0 aliphatic carbocycles. The van der Waals surface area contributed by atoms with Crippen LogP contribution in [0, 0.1) is 6.92 Å². The first-order valence-corrected chi connectivity index (χ1v) is 10.2. The molecule has 0 saturated heterocycles. The number of carbonyl (C=O) groups excluding carboxylic acids is 1. The fourth-order valence-electron chi connectivity index (χ4n) is 3.70. The molecule has 3 rings (SSSR count).